The highest BCUT2D eigenvalue weighted by molar-refractivity contribution is 6.29. The van der Waals surface area contributed by atoms with Gasteiger partial charge in [-0.05, 0) is 19.5 Å². The van der Waals surface area contributed by atoms with E-state index in [1.54, 1.807) is 7.05 Å². The third-order valence-electron chi connectivity index (χ3n) is 3.61. The minimum atomic E-state index is -0.241. The van der Waals surface area contributed by atoms with E-state index in [2.05, 4.69) is 20.4 Å². The number of nitrogens with zero attached hydrogens (tertiary/aromatic N) is 5. The van der Waals surface area contributed by atoms with Crippen molar-refractivity contribution in [2.45, 2.75) is 26.8 Å². The summed E-state index contributed by atoms with van der Waals surface area (Å²) >= 11 is 5.88. The first-order valence-electron chi connectivity index (χ1n) is 7.79. The van der Waals surface area contributed by atoms with Gasteiger partial charge in [-0.15, -0.1) is 0 Å². The van der Waals surface area contributed by atoms with Crippen molar-refractivity contribution < 1.29 is 0 Å². The van der Waals surface area contributed by atoms with Crippen LogP contribution >= 0.6 is 11.6 Å². The summed E-state index contributed by atoms with van der Waals surface area (Å²) in [4.78, 5) is 14.3. The van der Waals surface area contributed by atoms with E-state index in [0.29, 0.717) is 11.5 Å². The lowest BCUT2D eigenvalue weighted by molar-refractivity contribution is 0.168. The Hall–Kier alpha value is -1.86. The van der Waals surface area contributed by atoms with Crippen LogP contribution in [0, 0.1) is 0 Å². The van der Waals surface area contributed by atoms with Crippen LogP contribution in [0.15, 0.2) is 16.9 Å². The van der Waals surface area contributed by atoms with Crippen molar-refractivity contribution in [3.8, 4) is 0 Å². The van der Waals surface area contributed by atoms with Gasteiger partial charge in [0, 0.05) is 32.8 Å². The van der Waals surface area contributed by atoms with Gasteiger partial charge in [-0.3, -0.25) is 14.4 Å². The monoisotopic (exact) mass is 338 g/mol. The molecule has 1 fully saturated rings. The smallest absolute Gasteiger partial charge is 0.290 e. The number of rotatable bonds is 4. The van der Waals surface area contributed by atoms with Gasteiger partial charge in [-0.25, -0.2) is 4.68 Å². The summed E-state index contributed by atoms with van der Waals surface area (Å²) in [5.41, 5.74) is 1.23. The zero-order valence-corrected chi connectivity index (χ0v) is 14.8. The molecular weight excluding hydrogens is 316 g/mol. The number of hydrogen-bond donors (Lipinski definition) is 1. The first-order valence-corrected chi connectivity index (χ1v) is 8.17. The van der Waals surface area contributed by atoms with Crippen LogP contribution in [0.4, 0.5) is 11.5 Å². The second-order valence-corrected chi connectivity index (χ2v) is 5.60. The molecule has 0 aromatic carbocycles. The van der Waals surface area contributed by atoms with Crippen molar-refractivity contribution in [3.63, 3.8) is 0 Å². The van der Waals surface area contributed by atoms with Crippen LogP contribution < -0.4 is 10.9 Å². The topological polar surface area (TPSA) is 68.0 Å². The van der Waals surface area contributed by atoms with Crippen LogP contribution in [0.1, 0.15) is 26.0 Å². The Balaban J connectivity index is 0.000000924. The van der Waals surface area contributed by atoms with Crippen LogP contribution in [-0.4, -0.2) is 37.6 Å². The number of likely N-dealkylation sites (tertiary alicyclic amines) is 1. The number of aromatic nitrogens is 4. The van der Waals surface area contributed by atoms with E-state index < -0.39 is 0 Å². The molecule has 126 valence electrons. The van der Waals surface area contributed by atoms with E-state index in [1.165, 1.54) is 17.2 Å². The summed E-state index contributed by atoms with van der Waals surface area (Å²) in [6.45, 7) is 7.14. The molecule has 0 saturated carbocycles. The molecule has 1 N–H and O–H groups in total. The summed E-state index contributed by atoms with van der Waals surface area (Å²) in [7, 11) is 3.46. The maximum Gasteiger partial charge on any atom is 0.290 e. The third-order valence-corrected chi connectivity index (χ3v) is 3.79. The van der Waals surface area contributed by atoms with E-state index in [9.17, 15) is 4.79 Å². The zero-order valence-electron chi connectivity index (χ0n) is 14.0. The normalized spacial score (nSPS) is 14.0. The quantitative estimate of drug-likeness (QED) is 0.925. The number of hydrogen-bond acceptors (Lipinski definition) is 5. The van der Waals surface area contributed by atoms with Crippen LogP contribution in [0.5, 0.6) is 0 Å². The van der Waals surface area contributed by atoms with Crippen molar-refractivity contribution in [1.82, 2.24) is 24.5 Å². The van der Waals surface area contributed by atoms with Crippen molar-refractivity contribution in [2.75, 3.05) is 18.4 Å². The molecule has 23 heavy (non-hydrogen) atoms. The molecule has 0 amide bonds. The molecule has 0 unspecified atom stereocenters. The Labute approximate surface area is 140 Å². The Morgan fingerprint density at radius 2 is 1.87 bits per heavy atom. The number of halogens is 1. The molecular formula is C15H23ClN6O. The lowest BCUT2D eigenvalue weighted by Crippen LogP contribution is -2.36. The molecule has 0 bridgehead atoms. The molecule has 2 aromatic heterocycles. The number of nitrogens with one attached hydrogen (secondary N) is 1. The van der Waals surface area contributed by atoms with Gasteiger partial charge in [0.05, 0.1) is 5.69 Å². The standard InChI is InChI=1S/C13H17ClN6O.C2H6/c1-18-9(8-20-4-3-5-20)6-12(17-18)15-10-7-11(14)16-19(2)13(10)21;1-2/h6-7H,3-5,8H2,1-2H3,(H,15,17);1-2H3. The van der Waals surface area contributed by atoms with Crippen molar-refractivity contribution in [2.24, 2.45) is 14.1 Å². The van der Waals surface area contributed by atoms with Gasteiger partial charge in [0.15, 0.2) is 11.0 Å². The molecule has 8 heteroatoms. The van der Waals surface area contributed by atoms with Crippen LogP contribution in [-0.2, 0) is 20.6 Å². The molecule has 0 aliphatic carbocycles. The van der Waals surface area contributed by atoms with Gasteiger partial charge in [0.1, 0.15) is 5.69 Å². The van der Waals surface area contributed by atoms with Crippen LogP contribution in [0.3, 0.4) is 0 Å². The Kier molecular flexibility index (Phi) is 5.79. The van der Waals surface area contributed by atoms with Crippen LogP contribution in [0.2, 0.25) is 5.15 Å². The zero-order chi connectivity index (χ0) is 17.0. The molecule has 2 aromatic rings. The fraction of sp³-hybridized carbons (Fsp3) is 0.533. The molecule has 0 atom stereocenters. The molecule has 3 heterocycles. The van der Waals surface area contributed by atoms with Crippen molar-refractivity contribution in [3.05, 3.63) is 33.3 Å². The summed E-state index contributed by atoms with van der Waals surface area (Å²) in [6.07, 6.45) is 1.26. The molecule has 1 aliphatic rings. The SMILES string of the molecule is CC.Cn1nc(Nc2cc(Cl)nn(C)c2=O)cc1CN1CCC1. The highest BCUT2D eigenvalue weighted by atomic mass is 35.5. The van der Waals surface area contributed by atoms with Crippen molar-refractivity contribution in [1.29, 1.82) is 0 Å². The Bertz CT molecular complexity index is 719. The van der Waals surface area contributed by atoms with Crippen molar-refractivity contribution >= 4 is 23.1 Å². The highest BCUT2D eigenvalue weighted by Gasteiger charge is 2.17. The van der Waals surface area contributed by atoms with E-state index in [-0.39, 0.29) is 10.7 Å². The predicted molar refractivity (Wildman–Crippen MR) is 92.2 cm³/mol. The van der Waals surface area contributed by atoms with E-state index in [0.717, 1.165) is 25.3 Å². The van der Waals surface area contributed by atoms with E-state index in [4.69, 9.17) is 11.6 Å². The fourth-order valence-electron chi connectivity index (χ4n) is 2.28. The van der Waals surface area contributed by atoms with Gasteiger partial charge >= 0.3 is 0 Å². The first kappa shape index (κ1) is 17.5. The predicted octanol–water partition coefficient (Wildman–Crippen LogP) is 2.14. The minimum absolute atomic E-state index is 0.241. The molecule has 1 aliphatic heterocycles. The average Bonchev–Trinajstić information content (AvgIpc) is 2.82. The summed E-state index contributed by atoms with van der Waals surface area (Å²) < 4.78 is 3.03. The van der Waals surface area contributed by atoms with Gasteiger partial charge in [-0.2, -0.15) is 10.2 Å². The highest BCUT2D eigenvalue weighted by Crippen LogP contribution is 2.18. The Morgan fingerprint density at radius 1 is 1.17 bits per heavy atom. The van der Waals surface area contributed by atoms with E-state index in [1.807, 2.05) is 31.6 Å². The average molecular weight is 339 g/mol. The fourth-order valence-corrected chi connectivity index (χ4v) is 2.51. The van der Waals surface area contributed by atoms with Gasteiger partial charge in [0.25, 0.3) is 5.56 Å². The molecule has 7 nitrogen and oxygen atoms in total. The second-order valence-electron chi connectivity index (χ2n) is 5.21. The largest absolute Gasteiger partial charge is 0.334 e. The van der Waals surface area contributed by atoms with Crippen LogP contribution in [0.25, 0.3) is 0 Å². The summed E-state index contributed by atoms with van der Waals surface area (Å²) in [5.74, 6) is 0.632. The molecule has 0 radical (unpaired) electrons. The lowest BCUT2D eigenvalue weighted by Gasteiger charge is -2.30. The van der Waals surface area contributed by atoms with Gasteiger partial charge < -0.3 is 5.32 Å². The Morgan fingerprint density at radius 3 is 2.48 bits per heavy atom. The summed E-state index contributed by atoms with van der Waals surface area (Å²) in [5, 5.41) is 11.5. The van der Waals surface area contributed by atoms with Gasteiger partial charge in [-0.1, -0.05) is 25.4 Å². The third kappa shape index (κ3) is 4.11. The molecule has 1 saturated heterocycles. The number of anilines is 2. The maximum absolute atomic E-state index is 12.0. The van der Waals surface area contributed by atoms with Gasteiger partial charge in [0.2, 0.25) is 0 Å². The lowest BCUT2D eigenvalue weighted by atomic mass is 10.2. The first-order chi connectivity index (χ1) is 11.0. The number of aryl methyl sites for hydroxylation is 2. The molecule has 3 rings (SSSR count). The summed E-state index contributed by atoms with van der Waals surface area (Å²) in [6, 6.07) is 3.46. The minimum Gasteiger partial charge on any atom is -0.334 e. The van der Waals surface area contributed by atoms with E-state index >= 15 is 0 Å². The maximum atomic E-state index is 12.0. The second kappa shape index (κ2) is 7.61. The molecule has 0 spiro atoms.